The fourth-order valence-electron chi connectivity index (χ4n) is 3.88. The molecular formula is C25H19N3O4S. The first-order chi connectivity index (χ1) is 16.0. The van der Waals surface area contributed by atoms with Gasteiger partial charge in [-0.15, -0.1) is 0 Å². The molecule has 0 aliphatic carbocycles. The number of rotatable bonds is 5. The summed E-state index contributed by atoms with van der Waals surface area (Å²) >= 11 is 1.26. The molecule has 1 fully saturated rings. The highest BCUT2D eigenvalue weighted by Crippen LogP contribution is 2.35. The molecule has 0 unspecified atom stereocenters. The molecule has 2 heterocycles. The van der Waals surface area contributed by atoms with Crippen LogP contribution in [-0.4, -0.2) is 33.8 Å². The predicted octanol–water partition coefficient (Wildman–Crippen LogP) is 4.78. The minimum Gasteiger partial charge on any atom is -0.495 e. The number of nitrogens with one attached hydrogen (secondary N) is 1. The van der Waals surface area contributed by atoms with E-state index in [1.165, 1.54) is 11.8 Å². The summed E-state index contributed by atoms with van der Waals surface area (Å²) < 4.78 is 7.30. The van der Waals surface area contributed by atoms with E-state index in [0.717, 1.165) is 33.0 Å². The van der Waals surface area contributed by atoms with Gasteiger partial charge in [0.15, 0.2) is 5.17 Å². The van der Waals surface area contributed by atoms with Crippen molar-refractivity contribution in [1.82, 2.24) is 9.88 Å². The fraction of sp³-hybridized carbons (Fsp3) is 0.0800. The van der Waals surface area contributed by atoms with Gasteiger partial charge in [0.05, 0.1) is 17.7 Å². The average Bonchev–Trinajstić information content (AvgIpc) is 3.35. The van der Waals surface area contributed by atoms with Crippen molar-refractivity contribution >= 4 is 62.2 Å². The number of carboxylic acids is 1. The van der Waals surface area contributed by atoms with Crippen LogP contribution in [0.25, 0.3) is 27.8 Å². The Balaban J connectivity index is 1.43. The third-order valence-corrected chi connectivity index (χ3v) is 6.25. The molecule has 0 bridgehead atoms. The van der Waals surface area contributed by atoms with Crippen LogP contribution in [-0.2, 0) is 16.1 Å². The standard InChI is InChI=1S/C25H19N3O4S/c1-32-23-17(7-6-15-4-2-3-5-19(15)23)13-21-24(31)27-25(33-21)26-18-8-9-20-16(12-18)10-11-28(20)14-22(29)30/h2-13H,14H2,1H3,(H,29,30)(H,26,27,31). The van der Waals surface area contributed by atoms with Crippen LogP contribution in [0.1, 0.15) is 5.56 Å². The first-order valence-electron chi connectivity index (χ1n) is 10.2. The molecule has 1 aliphatic heterocycles. The van der Waals surface area contributed by atoms with E-state index in [1.54, 1.807) is 23.9 Å². The van der Waals surface area contributed by atoms with Crippen LogP contribution < -0.4 is 10.1 Å². The number of hydrogen-bond donors (Lipinski definition) is 2. The number of aromatic nitrogens is 1. The van der Waals surface area contributed by atoms with Crippen LogP contribution in [0.5, 0.6) is 5.75 Å². The van der Waals surface area contributed by atoms with Gasteiger partial charge in [-0.25, -0.2) is 4.99 Å². The van der Waals surface area contributed by atoms with Crippen molar-refractivity contribution in [3.8, 4) is 5.75 Å². The number of ether oxygens (including phenoxy) is 1. The maximum absolute atomic E-state index is 12.6. The smallest absolute Gasteiger partial charge is 0.323 e. The SMILES string of the molecule is COc1c(C=C2SC(=Nc3ccc4c(ccn4CC(=O)O)c3)NC2=O)ccc2ccccc12. The van der Waals surface area contributed by atoms with Crippen molar-refractivity contribution in [3.63, 3.8) is 0 Å². The molecular weight excluding hydrogens is 438 g/mol. The van der Waals surface area contributed by atoms with E-state index in [2.05, 4.69) is 10.3 Å². The van der Waals surface area contributed by atoms with Crippen molar-refractivity contribution in [2.24, 2.45) is 4.99 Å². The van der Waals surface area contributed by atoms with E-state index in [1.807, 2.05) is 60.7 Å². The minimum absolute atomic E-state index is 0.102. The van der Waals surface area contributed by atoms with Gasteiger partial charge in [0, 0.05) is 28.0 Å². The Hall–Kier alpha value is -4.04. The number of aliphatic carboxylic acids is 1. The van der Waals surface area contributed by atoms with Gasteiger partial charge < -0.3 is 19.7 Å². The second kappa shape index (κ2) is 8.48. The lowest BCUT2D eigenvalue weighted by Gasteiger charge is -2.09. The summed E-state index contributed by atoms with van der Waals surface area (Å²) in [6.07, 6.45) is 3.54. The summed E-state index contributed by atoms with van der Waals surface area (Å²) in [7, 11) is 1.62. The minimum atomic E-state index is -0.899. The highest BCUT2D eigenvalue weighted by molar-refractivity contribution is 8.18. The first kappa shape index (κ1) is 20.8. The normalized spacial score (nSPS) is 16.1. The average molecular weight is 458 g/mol. The van der Waals surface area contributed by atoms with Gasteiger partial charge in [-0.1, -0.05) is 36.4 Å². The van der Waals surface area contributed by atoms with E-state index >= 15 is 0 Å². The van der Waals surface area contributed by atoms with Crippen LogP contribution in [0.3, 0.4) is 0 Å². The predicted molar refractivity (Wildman–Crippen MR) is 131 cm³/mol. The van der Waals surface area contributed by atoms with Crippen molar-refractivity contribution in [1.29, 1.82) is 0 Å². The van der Waals surface area contributed by atoms with Gasteiger partial charge in [-0.2, -0.15) is 0 Å². The first-order valence-corrected chi connectivity index (χ1v) is 11.0. The molecule has 7 nitrogen and oxygen atoms in total. The van der Waals surface area contributed by atoms with E-state index in [4.69, 9.17) is 9.84 Å². The summed E-state index contributed by atoms with van der Waals surface area (Å²) in [5.41, 5.74) is 2.30. The summed E-state index contributed by atoms with van der Waals surface area (Å²) in [4.78, 5) is 28.7. The monoisotopic (exact) mass is 457 g/mol. The number of methoxy groups -OCH3 is 1. The van der Waals surface area contributed by atoms with E-state index in [9.17, 15) is 9.59 Å². The van der Waals surface area contributed by atoms with Gasteiger partial charge in [0.25, 0.3) is 5.91 Å². The van der Waals surface area contributed by atoms with E-state index < -0.39 is 5.97 Å². The van der Waals surface area contributed by atoms with Gasteiger partial charge in [0.1, 0.15) is 12.3 Å². The number of hydrogen-bond acceptors (Lipinski definition) is 5. The van der Waals surface area contributed by atoms with Gasteiger partial charge in [-0.05, 0) is 47.5 Å². The lowest BCUT2D eigenvalue weighted by atomic mass is 10.0. The zero-order valence-electron chi connectivity index (χ0n) is 17.6. The Bertz CT molecular complexity index is 1490. The molecule has 0 saturated carbocycles. The molecule has 1 aromatic heterocycles. The Labute approximate surface area is 193 Å². The molecule has 33 heavy (non-hydrogen) atoms. The lowest BCUT2D eigenvalue weighted by Crippen LogP contribution is -2.19. The summed E-state index contributed by atoms with van der Waals surface area (Å²) in [6.45, 7) is -0.102. The molecule has 2 N–H and O–H groups in total. The number of aliphatic imine (C=N–C) groups is 1. The fourth-order valence-corrected chi connectivity index (χ4v) is 4.71. The number of carbonyl (C=O) groups excluding carboxylic acids is 1. The highest BCUT2D eigenvalue weighted by Gasteiger charge is 2.24. The quantitative estimate of drug-likeness (QED) is 0.421. The van der Waals surface area contributed by atoms with Crippen molar-refractivity contribution in [3.05, 3.63) is 77.3 Å². The molecule has 1 amide bonds. The summed E-state index contributed by atoms with van der Waals surface area (Å²) in [6, 6.07) is 19.2. The third kappa shape index (κ3) is 4.08. The number of amides is 1. The van der Waals surface area contributed by atoms with Gasteiger partial charge in [-0.3, -0.25) is 9.59 Å². The second-order valence-corrected chi connectivity index (χ2v) is 8.50. The molecule has 0 spiro atoms. The Morgan fingerprint density at radius 1 is 1.15 bits per heavy atom. The number of amidine groups is 1. The number of fused-ring (bicyclic) bond motifs is 2. The Kier molecular flexibility index (Phi) is 5.35. The number of benzene rings is 3. The van der Waals surface area contributed by atoms with Crippen molar-refractivity contribution in [2.75, 3.05) is 7.11 Å². The Morgan fingerprint density at radius 3 is 2.82 bits per heavy atom. The number of carbonyl (C=O) groups is 2. The molecule has 5 rings (SSSR count). The lowest BCUT2D eigenvalue weighted by molar-refractivity contribution is -0.137. The topological polar surface area (TPSA) is 92.9 Å². The van der Waals surface area contributed by atoms with Gasteiger partial charge >= 0.3 is 5.97 Å². The molecule has 4 aromatic rings. The van der Waals surface area contributed by atoms with E-state index in [0.29, 0.717) is 15.8 Å². The number of nitrogens with zero attached hydrogens (tertiary/aromatic N) is 2. The van der Waals surface area contributed by atoms with Crippen molar-refractivity contribution in [2.45, 2.75) is 6.54 Å². The molecule has 3 aromatic carbocycles. The molecule has 1 saturated heterocycles. The van der Waals surface area contributed by atoms with Crippen LogP contribution in [0.2, 0.25) is 0 Å². The second-order valence-electron chi connectivity index (χ2n) is 7.47. The largest absolute Gasteiger partial charge is 0.495 e. The summed E-state index contributed by atoms with van der Waals surface area (Å²) in [5.74, 6) is -0.400. The number of carboxylic acid groups (broad SMARTS) is 1. The van der Waals surface area contributed by atoms with Gasteiger partial charge in [0.2, 0.25) is 0 Å². The zero-order valence-corrected chi connectivity index (χ0v) is 18.4. The maximum atomic E-state index is 12.6. The zero-order chi connectivity index (χ0) is 22.9. The van der Waals surface area contributed by atoms with E-state index in [-0.39, 0.29) is 12.5 Å². The molecule has 164 valence electrons. The molecule has 1 aliphatic rings. The van der Waals surface area contributed by atoms with Crippen LogP contribution >= 0.6 is 11.8 Å². The molecule has 0 radical (unpaired) electrons. The number of thioether (sulfide) groups is 1. The van der Waals surface area contributed by atoms with Crippen molar-refractivity contribution < 1.29 is 19.4 Å². The maximum Gasteiger partial charge on any atom is 0.323 e. The third-order valence-electron chi connectivity index (χ3n) is 5.34. The van der Waals surface area contributed by atoms with Crippen LogP contribution in [0, 0.1) is 0 Å². The van der Waals surface area contributed by atoms with Crippen LogP contribution in [0.15, 0.2) is 76.8 Å². The Morgan fingerprint density at radius 2 is 2.00 bits per heavy atom. The summed E-state index contributed by atoms with van der Waals surface area (Å²) in [5, 5.41) is 15.2. The van der Waals surface area contributed by atoms with Crippen LogP contribution in [0.4, 0.5) is 5.69 Å². The molecule has 8 heteroatoms. The molecule has 0 atom stereocenters. The highest BCUT2D eigenvalue weighted by atomic mass is 32.2.